The molecule has 10 heteroatoms. The molecule has 1 spiro atoms. The van der Waals surface area contributed by atoms with Gasteiger partial charge in [0.2, 0.25) is 11.8 Å². The highest BCUT2D eigenvalue weighted by atomic mass is 35.5. The van der Waals surface area contributed by atoms with Crippen LogP contribution in [0.15, 0.2) is 18.2 Å². The average Bonchev–Trinajstić information content (AvgIpc) is 3.26. The molecule has 1 aliphatic heterocycles. The molecule has 0 aromatic heterocycles. The van der Waals surface area contributed by atoms with E-state index in [1.807, 2.05) is 0 Å². The van der Waals surface area contributed by atoms with Crippen LogP contribution in [0.3, 0.4) is 0 Å². The smallest absolute Gasteiger partial charge is 0.303 e. The topological polar surface area (TPSA) is 116 Å². The summed E-state index contributed by atoms with van der Waals surface area (Å²) in [5.74, 6) is -1.90. The number of carboxylic acid groups (broad SMARTS) is 1. The number of rotatable bonds is 10. The number of amides is 3. The molecule has 3 rings (SSSR count). The van der Waals surface area contributed by atoms with E-state index in [1.165, 1.54) is 43.9 Å². The van der Waals surface area contributed by atoms with Crippen LogP contribution >= 0.6 is 23.2 Å². The highest BCUT2D eigenvalue weighted by Crippen LogP contribution is 2.46. The van der Waals surface area contributed by atoms with E-state index < -0.39 is 17.9 Å². The summed E-state index contributed by atoms with van der Waals surface area (Å²) in [6.45, 7) is 1.54. The van der Waals surface area contributed by atoms with E-state index in [1.54, 1.807) is 4.90 Å². The van der Waals surface area contributed by atoms with Gasteiger partial charge in [-0.3, -0.25) is 19.2 Å². The molecular weight excluding hydrogens is 493 g/mol. The summed E-state index contributed by atoms with van der Waals surface area (Å²) in [5, 5.41) is 14.8. The molecule has 1 saturated heterocycles. The van der Waals surface area contributed by atoms with Crippen molar-refractivity contribution in [3.63, 3.8) is 0 Å². The lowest BCUT2D eigenvalue weighted by Crippen LogP contribution is -2.52. The Kier molecular flexibility index (Phi) is 9.80. The molecular formula is C25H33Cl2N3O5. The minimum absolute atomic E-state index is 0.0256. The lowest BCUT2D eigenvalue weighted by atomic mass is 9.77. The monoisotopic (exact) mass is 525 g/mol. The van der Waals surface area contributed by atoms with Gasteiger partial charge in [-0.25, -0.2) is 0 Å². The predicted octanol–water partition coefficient (Wildman–Crippen LogP) is 4.04. The van der Waals surface area contributed by atoms with Crippen LogP contribution in [0.5, 0.6) is 0 Å². The Morgan fingerprint density at radius 3 is 2.20 bits per heavy atom. The molecule has 1 aromatic carbocycles. The number of piperidine rings is 1. The summed E-state index contributed by atoms with van der Waals surface area (Å²) in [7, 11) is 0. The van der Waals surface area contributed by atoms with Crippen molar-refractivity contribution in [3.8, 4) is 0 Å². The first-order chi connectivity index (χ1) is 16.7. The van der Waals surface area contributed by atoms with Crippen LogP contribution in [0.4, 0.5) is 0 Å². The van der Waals surface area contributed by atoms with E-state index in [9.17, 15) is 19.2 Å². The summed E-state index contributed by atoms with van der Waals surface area (Å²) < 4.78 is 0. The zero-order valence-corrected chi connectivity index (χ0v) is 21.3. The first kappa shape index (κ1) is 27.3. The van der Waals surface area contributed by atoms with Crippen LogP contribution in [0.2, 0.25) is 10.0 Å². The third kappa shape index (κ3) is 8.10. The van der Waals surface area contributed by atoms with Gasteiger partial charge < -0.3 is 20.6 Å². The fourth-order valence-corrected chi connectivity index (χ4v) is 5.59. The molecule has 0 bridgehead atoms. The molecule has 3 amide bonds. The van der Waals surface area contributed by atoms with Crippen molar-refractivity contribution in [2.75, 3.05) is 19.6 Å². The van der Waals surface area contributed by atoms with Gasteiger partial charge in [-0.2, -0.15) is 0 Å². The van der Waals surface area contributed by atoms with Crippen molar-refractivity contribution in [2.45, 2.75) is 70.3 Å². The van der Waals surface area contributed by atoms with Gasteiger partial charge in [0.05, 0.1) is 0 Å². The van der Waals surface area contributed by atoms with Crippen LogP contribution in [0.25, 0.3) is 0 Å². The van der Waals surface area contributed by atoms with Gasteiger partial charge in [-0.1, -0.05) is 36.0 Å². The van der Waals surface area contributed by atoms with E-state index in [0.717, 1.165) is 12.8 Å². The maximum Gasteiger partial charge on any atom is 0.303 e. The fourth-order valence-electron chi connectivity index (χ4n) is 5.06. The molecule has 8 nitrogen and oxygen atoms in total. The molecule has 3 N–H and O–H groups in total. The molecule has 2 fully saturated rings. The zero-order chi connectivity index (χ0) is 25.4. The molecule has 1 atom stereocenters. The third-order valence-corrected chi connectivity index (χ3v) is 7.51. The number of carbonyl (C=O) groups excluding carboxylic acids is 3. The van der Waals surface area contributed by atoms with Crippen LogP contribution in [-0.4, -0.2) is 59.4 Å². The standard InChI is InChI=1S/C25H33Cl2N3O5/c26-18-14-17(15-19(27)16-18)23(34)29-20(5-6-21(31)28-11-3-4-22(32)33)24(35)30-12-9-25(10-13-30)7-1-2-8-25/h14-16,20H,1-13H2,(H,28,31)(H,29,34)(H,32,33)/t20-/m1/s1. The molecule has 1 saturated carbocycles. The maximum atomic E-state index is 13.4. The molecule has 1 aromatic rings. The van der Waals surface area contributed by atoms with Crippen LogP contribution in [-0.2, 0) is 14.4 Å². The number of aliphatic carboxylic acids is 1. The number of carboxylic acids is 1. The Balaban J connectivity index is 1.62. The Morgan fingerprint density at radius 1 is 0.971 bits per heavy atom. The van der Waals surface area contributed by atoms with E-state index in [4.69, 9.17) is 28.3 Å². The molecule has 192 valence electrons. The van der Waals surface area contributed by atoms with E-state index >= 15 is 0 Å². The van der Waals surface area contributed by atoms with Gasteiger partial charge in [-0.05, 0) is 62.1 Å². The molecule has 2 aliphatic rings. The number of benzene rings is 1. The Bertz CT molecular complexity index is 919. The number of nitrogens with one attached hydrogen (secondary N) is 2. The van der Waals surface area contributed by atoms with Crippen molar-refractivity contribution in [2.24, 2.45) is 5.41 Å². The van der Waals surface area contributed by atoms with E-state index in [0.29, 0.717) is 35.0 Å². The number of hydrogen-bond acceptors (Lipinski definition) is 4. The molecule has 0 unspecified atom stereocenters. The van der Waals surface area contributed by atoms with Gasteiger partial charge in [0, 0.05) is 48.1 Å². The first-order valence-corrected chi connectivity index (χ1v) is 13.0. The van der Waals surface area contributed by atoms with Crippen LogP contribution in [0.1, 0.15) is 74.6 Å². The van der Waals surface area contributed by atoms with Crippen molar-refractivity contribution in [1.82, 2.24) is 15.5 Å². The van der Waals surface area contributed by atoms with E-state index in [2.05, 4.69) is 10.6 Å². The summed E-state index contributed by atoms with van der Waals surface area (Å²) >= 11 is 12.1. The Hall–Kier alpha value is -2.32. The van der Waals surface area contributed by atoms with Gasteiger partial charge in [0.25, 0.3) is 5.91 Å². The molecule has 0 radical (unpaired) electrons. The van der Waals surface area contributed by atoms with Crippen LogP contribution < -0.4 is 10.6 Å². The lowest BCUT2D eigenvalue weighted by Gasteiger charge is -2.40. The average molecular weight is 526 g/mol. The highest BCUT2D eigenvalue weighted by Gasteiger charge is 2.39. The largest absolute Gasteiger partial charge is 0.481 e. The van der Waals surface area contributed by atoms with Crippen LogP contribution in [0, 0.1) is 5.41 Å². The number of halogens is 2. The summed E-state index contributed by atoms with van der Waals surface area (Å²) in [6, 6.07) is 3.60. The van der Waals surface area contributed by atoms with Crippen molar-refractivity contribution < 1.29 is 24.3 Å². The normalized spacial score (nSPS) is 17.7. The van der Waals surface area contributed by atoms with Crippen molar-refractivity contribution >= 4 is 46.9 Å². The SMILES string of the molecule is O=C(O)CCCNC(=O)CC[C@@H](NC(=O)c1cc(Cl)cc(Cl)c1)C(=O)N1CCC2(CCCC2)CC1. The highest BCUT2D eigenvalue weighted by molar-refractivity contribution is 6.35. The summed E-state index contributed by atoms with van der Waals surface area (Å²) in [6.07, 6.45) is 7.30. The van der Waals surface area contributed by atoms with Gasteiger partial charge in [0.1, 0.15) is 6.04 Å². The first-order valence-electron chi connectivity index (χ1n) is 12.2. The molecule has 35 heavy (non-hydrogen) atoms. The summed E-state index contributed by atoms with van der Waals surface area (Å²) in [5.41, 5.74) is 0.588. The molecule has 1 aliphatic carbocycles. The van der Waals surface area contributed by atoms with E-state index in [-0.39, 0.29) is 43.2 Å². The lowest BCUT2D eigenvalue weighted by molar-refractivity contribution is -0.137. The quantitative estimate of drug-likeness (QED) is 0.398. The fraction of sp³-hybridized carbons (Fsp3) is 0.600. The minimum atomic E-state index is -0.922. The van der Waals surface area contributed by atoms with Gasteiger partial charge in [-0.15, -0.1) is 0 Å². The third-order valence-electron chi connectivity index (χ3n) is 7.08. The van der Waals surface area contributed by atoms with Crippen molar-refractivity contribution in [3.05, 3.63) is 33.8 Å². The second kappa shape index (κ2) is 12.6. The second-order valence-electron chi connectivity index (χ2n) is 9.60. The number of hydrogen-bond donors (Lipinski definition) is 3. The number of carbonyl (C=O) groups is 4. The molecule has 1 heterocycles. The Morgan fingerprint density at radius 2 is 1.60 bits per heavy atom. The van der Waals surface area contributed by atoms with Gasteiger partial charge in [0.15, 0.2) is 0 Å². The maximum absolute atomic E-state index is 13.4. The van der Waals surface area contributed by atoms with Gasteiger partial charge >= 0.3 is 5.97 Å². The summed E-state index contributed by atoms with van der Waals surface area (Å²) in [4.78, 5) is 51.0. The zero-order valence-electron chi connectivity index (χ0n) is 19.8. The second-order valence-corrected chi connectivity index (χ2v) is 10.5. The minimum Gasteiger partial charge on any atom is -0.481 e. The number of likely N-dealkylation sites (tertiary alicyclic amines) is 1. The van der Waals surface area contributed by atoms with Crippen molar-refractivity contribution in [1.29, 1.82) is 0 Å². The predicted molar refractivity (Wildman–Crippen MR) is 134 cm³/mol. The Labute approximate surface area is 215 Å². The number of nitrogens with zero attached hydrogens (tertiary/aromatic N) is 1.